The standard InChI is InChI=1S/C26H30Cl4N2O4/c27-17-9-11-23(19(29)15-17)35-13-3-7-25(33)31-21-5-1-2-6-22(21)32-26(34)8-4-14-36-24-12-10-18(28)16-20(24)30/h9-12,15-16,21-22H,1-8,13-14H2,(H,31,33)(H,32,34). The van der Waals surface area contributed by atoms with E-state index in [2.05, 4.69) is 10.6 Å². The van der Waals surface area contributed by atoms with E-state index < -0.39 is 0 Å². The van der Waals surface area contributed by atoms with E-state index in [9.17, 15) is 9.59 Å². The third-order valence-corrected chi connectivity index (χ3v) is 6.92. The van der Waals surface area contributed by atoms with E-state index in [1.54, 1.807) is 36.4 Å². The van der Waals surface area contributed by atoms with Crippen LogP contribution in [0.25, 0.3) is 0 Å². The molecule has 2 amide bonds. The molecular formula is C26H30Cl4N2O4. The molecule has 2 aromatic rings. The van der Waals surface area contributed by atoms with Crippen molar-refractivity contribution in [2.75, 3.05) is 13.2 Å². The summed E-state index contributed by atoms with van der Waals surface area (Å²) in [6, 6.07) is 9.90. The summed E-state index contributed by atoms with van der Waals surface area (Å²) in [5.74, 6) is 0.969. The van der Waals surface area contributed by atoms with Gasteiger partial charge in [-0.2, -0.15) is 0 Å². The van der Waals surface area contributed by atoms with E-state index in [0.717, 1.165) is 25.7 Å². The van der Waals surface area contributed by atoms with Crippen molar-refractivity contribution in [1.29, 1.82) is 0 Å². The van der Waals surface area contributed by atoms with Crippen LogP contribution in [0.2, 0.25) is 20.1 Å². The SMILES string of the molecule is O=C(CCCOc1ccc(Cl)cc1Cl)NC1CCCCC1NC(=O)CCCOc1ccc(Cl)cc1Cl. The monoisotopic (exact) mass is 574 g/mol. The van der Waals surface area contributed by atoms with Crippen molar-refractivity contribution in [2.24, 2.45) is 0 Å². The van der Waals surface area contributed by atoms with Crippen molar-refractivity contribution in [3.63, 3.8) is 0 Å². The minimum Gasteiger partial charge on any atom is -0.492 e. The van der Waals surface area contributed by atoms with Crippen LogP contribution in [-0.2, 0) is 9.59 Å². The molecule has 1 fully saturated rings. The summed E-state index contributed by atoms with van der Waals surface area (Å²) in [4.78, 5) is 25.0. The molecule has 0 aromatic heterocycles. The average molecular weight is 576 g/mol. The van der Waals surface area contributed by atoms with Crippen molar-refractivity contribution in [2.45, 2.75) is 63.5 Å². The Balaban J connectivity index is 1.35. The fraction of sp³-hybridized carbons (Fsp3) is 0.462. The van der Waals surface area contributed by atoms with E-state index in [4.69, 9.17) is 55.9 Å². The van der Waals surface area contributed by atoms with Crippen LogP contribution in [0.15, 0.2) is 36.4 Å². The van der Waals surface area contributed by atoms with Crippen LogP contribution in [0.5, 0.6) is 11.5 Å². The Kier molecular flexibility index (Phi) is 11.8. The summed E-state index contributed by atoms with van der Waals surface area (Å²) in [6.45, 7) is 0.728. The first-order valence-electron chi connectivity index (χ1n) is 12.1. The number of rotatable bonds is 12. The number of hydrogen-bond acceptors (Lipinski definition) is 4. The molecule has 2 N–H and O–H groups in total. The van der Waals surface area contributed by atoms with E-state index in [-0.39, 0.29) is 23.9 Å². The fourth-order valence-electron chi connectivity index (χ4n) is 4.05. The van der Waals surface area contributed by atoms with Crippen molar-refractivity contribution in [1.82, 2.24) is 10.6 Å². The Bertz CT molecular complexity index is 955. The molecule has 196 valence electrons. The predicted octanol–water partition coefficient (Wildman–Crippen LogP) is 6.86. The maximum Gasteiger partial charge on any atom is 0.220 e. The number of carbonyl (C=O) groups is 2. The van der Waals surface area contributed by atoms with Crippen LogP contribution in [0, 0.1) is 0 Å². The number of hydrogen-bond donors (Lipinski definition) is 2. The van der Waals surface area contributed by atoms with Crippen molar-refractivity contribution in [3.05, 3.63) is 56.5 Å². The maximum atomic E-state index is 12.5. The largest absolute Gasteiger partial charge is 0.492 e. The van der Waals surface area contributed by atoms with Crippen LogP contribution in [0.4, 0.5) is 0 Å². The van der Waals surface area contributed by atoms with Gasteiger partial charge in [-0.25, -0.2) is 0 Å². The smallest absolute Gasteiger partial charge is 0.220 e. The molecule has 3 rings (SSSR count). The van der Waals surface area contributed by atoms with Gasteiger partial charge in [-0.1, -0.05) is 59.2 Å². The maximum absolute atomic E-state index is 12.5. The van der Waals surface area contributed by atoms with Gasteiger partial charge in [-0.3, -0.25) is 9.59 Å². The molecular weight excluding hydrogens is 546 g/mol. The third kappa shape index (κ3) is 9.55. The van der Waals surface area contributed by atoms with Gasteiger partial charge in [0.05, 0.1) is 23.3 Å². The Morgan fingerprint density at radius 3 is 1.53 bits per heavy atom. The van der Waals surface area contributed by atoms with Crippen molar-refractivity contribution < 1.29 is 19.1 Å². The molecule has 0 saturated heterocycles. The lowest BCUT2D eigenvalue weighted by atomic mass is 9.90. The van der Waals surface area contributed by atoms with Gasteiger partial charge in [0.2, 0.25) is 11.8 Å². The Labute approximate surface area is 231 Å². The first-order chi connectivity index (χ1) is 17.3. The molecule has 0 aliphatic heterocycles. The molecule has 36 heavy (non-hydrogen) atoms. The Morgan fingerprint density at radius 2 is 1.14 bits per heavy atom. The highest BCUT2D eigenvalue weighted by molar-refractivity contribution is 6.36. The number of amides is 2. The topological polar surface area (TPSA) is 76.7 Å². The average Bonchev–Trinajstić information content (AvgIpc) is 2.83. The zero-order valence-electron chi connectivity index (χ0n) is 19.8. The van der Waals surface area contributed by atoms with Gasteiger partial charge in [0.1, 0.15) is 11.5 Å². The van der Waals surface area contributed by atoms with Crippen LogP contribution >= 0.6 is 46.4 Å². The molecule has 1 saturated carbocycles. The van der Waals surface area contributed by atoms with Crippen LogP contribution in [0.3, 0.4) is 0 Å². The summed E-state index contributed by atoms with van der Waals surface area (Å²) in [6.07, 6.45) is 5.46. The summed E-state index contributed by atoms with van der Waals surface area (Å²) < 4.78 is 11.3. The molecule has 2 aromatic carbocycles. The quantitative estimate of drug-likeness (QED) is 0.271. The van der Waals surface area contributed by atoms with Gasteiger partial charge >= 0.3 is 0 Å². The molecule has 6 nitrogen and oxygen atoms in total. The van der Waals surface area contributed by atoms with E-state index in [1.165, 1.54) is 0 Å². The van der Waals surface area contributed by atoms with E-state index in [0.29, 0.717) is 70.5 Å². The molecule has 2 unspecified atom stereocenters. The predicted molar refractivity (Wildman–Crippen MR) is 145 cm³/mol. The van der Waals surface area contributed by atoms with Gasteiger partial charge in [-0.15, -0.1) is 0 Å². The summed E-state index contributed by atoms with van der Waals surface area (Å²) in [7, 11) is 0. The lowest BCUT2D eigenvalue weighted by Crippen LogP contribution is -2.53. The summed E-state index contributed by atoms with van der Waals surface area (Å²) in [5.41, 5.74) is 0. The highest BCUT2D eigenvalue weighted by Gasteiger charge is 2.27. The normalized spacial score (nSPS) is 17.3. The molecule has 1 aliphatic rings. The number of benzene rings is 2. The molecule has 0 bridgehead atoms. The second kappa shape index (κ2) is 14.8. The van der Waals surface area contributed by atoms with Gasteiger partial charge in [0, 0.05) is 35.0 Å². The number of carbonyl (C=O) groups excluding carboxylic acids is 2. The fourth-order valence-corrected chi connectivity index (χ4v) is 4.97. The molecule has 1 aliphatic carbocycles. The lowest BCUT2D eigenvalue weighted by molar-refractivity contribution is -0.125. The zero-order valence-corrected chi connectivity index (χ0v) is 22.9. The van der Waals surface area contributed by atoms with Crippen LogP contribution in [0.1, 0.15) is 51.4 Å². The van der Waals surface area contributed by atoms with Gasteiger partial charge in [-0.05, 0) is 62.1 Å². The van der Waals surface area contributed by atoms with Crippen LogP contribution in [-0.4, -0.2) is 37.1 Å². The molecule has 0 radical (unpaired) electrons. The molecule has 0 heterocycles. The third-order valence-electron chi connectivity index (χ3n) is 5.86. The number of nitrogens with one attached hydrogen (secondary N) is 2. The van der Waals surface area contributed by atoms with Gasteiger partial charge in [0.25, 0.3) is 0 Å². The highest BCUT2D eigenvalue weighted by Crippen LogP contribution is 2.28. The Morgan fingerprint density at radius 1 is 0.722 bits per heavy atom. The number of halogens is 4. The van der Waals surface area contributed by atoms with Crippen LogP contribution < -0.4 is 20.1 Å². The molecule has 10 heteroatoms. The van der Waals surface area contributed by atoms with E-state index in [1.807, 2.05) is 0 Å². The first kappa shape index (κ1) is 28.7. The zero-order chi connectivity index (χ0) is 25.9. The second-order valence-corrected chi connectivity index (χ2v) is 10.4. The minimum atomic E-state index is -0.0778. The molecule has 0 spiro atoms. The van der Waals surface area contributed by atoms with Crippen molar-refractivity contribution in [3.8, 4) is 11.5 Å². The lowest BCUT2D eigenvalue weighted by Gasteiger charge is -2.33. The van der Waals surface area contributed by atoms with E-state index >= 15 is 0 Å². The highest BCUT2D eigenvalue weighted by atomic mass is 35.5. The van der Waals surface area contributed by atoms with Gasteiger partial charge < -0.3 is 20.1 Å². The summed E-state index contributed by atoms with van der Waals surface area (Å²) in [5, 5.41) is 8.13. The van der Waals surface area contributed by atoms with Gasteiger partial charge in [0.15, 0.2) is 0 Å². The second-order valence-electron chi connectivity index (χ2n) is 8.69. The molecule has 2 atom stereocenters. The van der Waals surface area contributed by atoms with Crippen molar-refractivity contribution >= 4 is 58.2 Å². The number of ether oxygens (including phenoxy) is 2. The first-order valence-corrected chi connectivity index (χ1v) is 13.6. The minimum absolute atomic E-state index is 0.0554. The summed E-state index contributed by atoms with van der Waals surface area (Å²) >= 11 is 24.0. The Hall–Kier alpha value is -1.86.